The van der Waals surface area contributed by atoms with Crippen LogP contribution in [0.15, 0.2) is 36.4 Å². The Morgan fingerprint density at radius 1 is 1.25 bits per heavy atom. The normalized spacial score (nSPS) is 12.5. The molecule has 20 heavy (non-hydrogen) atoms. The molecule has 1 N–H and O–H groups in total. The topological polar surface area (TPSA) is 46.5 Å². The third kappa shape index (κ3) is 5.47. The molecule has 1 aromatic carbocycles. The maximum absolute atomic E-state index is 11.4. The highest BCUT2D eigenvalue weighted by Gasteiger charge is 2.18. The average molecular weight is 276 g/mol. The average Bonchev–Trinajstić information content (AvgIpc) is 2.46. The molecule has 0 saturated carbocycles. The van der Waals surface area contributed by atoms with Gasteiger partial charge in [0.1, 0.15) is 5.75 Å². The first-order valence-electron chi connectivity index (χ1n) is 7.20. The number of hydrogen-bond donors (Lipinski definition) is 1. The Morgan fingerprint density at radius 2 is 1.95 bits per heavy atom. The van der Waals surface area contributed by atoms with Crippen molar-refractivity contribution in [3.8, 4) is 5.75 Å². The van der Waals surface area contributed by atoms with Gasteiger partial charge in [0.25, 0.3) is 0 Å². The van der Waals surface area contributed by atoms with Gasteiger partial charge >= 0.3 is 5.97 Å². The molecule has 1 rings (SSSR count). The van der Waals surface area contributed by atoms with E-state index in [-0.39, 0.29) is 0 Å². The van der Waals surface area contributed by atoms with Crippen LogP contribution in [0.25, 0.3) is 0 Å². The van der Waals surface area contributed by atoms with Crippen molar-refractivity contribution in [1.82, 2.24) is 0 Å². The number of carboxylic acid groups (broad SMARTS) is 1. The molecule has 0 fully saturated rings. The summed E-state index contributed by atoms with van der Waals surface area (Å²) in [7, 11) is 1.60. The van der Waals surface area contributed by atoms with Crippen LogP contribution in [-0.4, -0.2) is 18.2 Å². The fourth-order valence-electron chi connectivity index (χ4n) is 2.08. The highest BCUT2D eigenvalue weighted by molar-refractivity contribution is 5.76. The van der Waals surface area contributed by atoms with Crippen molar-refractivity contribution in [2.45, 2.75) is 44.9 Å². The van der Waals surface area contributed by atoms with Crippen LogP contribution in [0, 0.1) is 0 Å². The molecule has 0 aromatic heterocycles. The second-order valence-electron chi connectivity index (χ2n) is 4.87. The second kappa shape index (κ2) is 9.18. The molecule has 0 radical (unpaired) electrons. The summed E-state index contributed by atoms with van der Waals surface area (Å²) in [5.74, 6) is -0.523. The summed E-state index contributed by atoms with van der Waals surface area (Å²) in [6.07, 6.45) is 9.25. The molecular weight excluding hydrogens is 252 g/mol. The summed E-state index contributed by atoms with van der Waals surface area (Å²) in [6.45, 7) is 2.17. The van der Waals surface area contributed by atoms with Crippen molar-refractivity contribution in [1.29, 1.82) is 0 Å². The monoisotopic (exact) mass is 276 g/mol. The molecule has 0 aliphatic rings. The predicted octanol–water partition coefficient (Wildman–Crippen LogP) is 4.39. The van der Waals surface area contributed by atoms with E-state index in [1.54, 1.807) is 19.2 Å². The second-order valence-corrected chi connectivity index (χ2v) is 4.87. The molecule has 0 saturated heterocycles. The molecule has 0 heterocycles. The molecule has 3 heteroatoms. The summed E-state index contributed by atoms with van der Waals surface area (Å²) in [4.78, 5) is 11.4. The third-order valence-corrected chi connectivity index (χ3v) is 3.33. The maximum Gasteiger partial charge on any atom is 0.311 e. The molecule has 1 unspecified atom stereocenters. The summed E-state index contributed by atoms with van der Waals surface area (Å²) in [6, 6.07) is 7.25. The number of unbranched alkanes of at least 4 members (excludes halogenated alkanes) is 3. The van der Waals surface area contributed by atoms with Gasteiger partial charge in [-0.05, 0) is 37.0 Å². The number of rotatable bonds is 9. The highest BCUT2D eigenvalue weighted by atomic mass is 16.5. The Balaban J connectivity index is 2.57. The Kier molecular flexibility index (Phi) is 7.48. The smallest absolute Gasteiger partial charge is 0.311 e. The van der Waals surface area contributed by atoms with Crippen LogP contribution < -0.4 is 4.74 Å². The Bertz CT molecular complexity index is 420. The van der Waals surface area contributed by atoms with Crippen molar-refractivity contribution in [3.63, 3.8) is 0 Å². The van der Waals surface area contributed by atoms with E-state index in [9.17, 15) is 9.90 Å². The Morgan fingerprint density at radius 3 is 2.50 bits per heavy atom. The molecule has 0 aliphatic carbocycles. The van der Waals surface area contributed by atoms with Crippen LogP contribution in [0.2, 0.25) is 0 Å². The van der Waals surface area contributed by atoms with Gasteiger partial charge in [-0.2, -0.15) is 0 Å². The van der Waals surface area contributed by atoms with Crippen molar-refractivity contribution in [3.05, 3.63) is 42.0 Å². The summed E-state index contributed by atoms with van der Waals surface area (Å²) in [5, 5.41) is 9.33. The number of carboxylic acids is 1. The van der Waals surface area contributed by atoms with Gasteiger partial charge in [-0.3, -0.25) is 4.79 Å². The zero-order chi connectivity index (χ0) is 14.8. The first kappa shape index (κ1) is 16.3. The highest BCUT2D eigenvalue weighted by Crippen LogP contribution is 2.23. The Hall–Kier alpha value is -1.77. The molecule has 0 spiro atoms. The largest absolute Gasteiger partial charge is 0.497 e. The van der Waals surface area contributed by atoms with Gasteiger partial charge < -0.3 is 9.84 Å². The van der Waals surface area contributed by atoms with E-state index in [1.807, 2.05) is 18.2 Å². The van der Waals surface area contributed by atoms with Crippen LogP contribution in [0.5, 0.6) is 5.75 Å². The number of methoxy groups -OCH3 is 1. The van der Waals surface area contributed by atoms with E-state index in [2.05, 4.69) is 13.0 Å². The van der Waals surface area contributed by atoms with E-state index < -0.39 is 11.9 Å². The van der Waals surface area contributed by atoms with E-state index >= 15 is 0 Å². The molecule has 1 aromatic rings. The SMILES string of the molecule is CCCCC/C=C/CC(C(=O)O)c1ccc(OC)cc1. The van der Waals surface area contributed by atoms with Gasteiger partial charge in [-0.15, -0.1) is 0 Å². The lowest BCUT2D eigenvalue weighted by Gasteiger charge is -2.11. The minimum Gasteiger partial charge on any atom is -0.497 e. The maximum atomic E-state index is 11.4. The number of carbonyl (C=O) groups is 1. The van der Waals surface area contributed by atoms with Gasteiger partial charge in [0, 0.05) is 0 Å². The lowest BCUT2D eigenvalue weighted by Crippen LogP contribution is -2.10. The fourth-order valence-corrected chi connectivity index (χ4v) is 2.08. The number of aliphatic carboxylic acids is 1. The molecule has 0 amide bonds. The zero-order valence-electron chi connectivity index (χ0n) is 12.3. The quantitative estimate of drug-likeness (QED) is 0.537. The van der Waals surface area contributed by atoms with Crippen molar-refractivity contribution in [2.24, 2.45) is 0 Å². The minimum absolute atomic E-state index is 0.483. The molecular formula is C17H24O3. The van der Waals surface area contributed by atoms with Crippen LogP contribution in [-0.2, 0) is 4.79 Å². The summed E-state index contributed by atoms with van der Waals surface area (Å²) >= 11 is 0. The molecule has 3 nitrogen and oxygen atoms in total. The van der Waals surface area contributed by atoms with Crippen LogP contribution >= 0.6 is 0 Å². The van der Waals surface area contributed by atoms with Gasteiger partial charge in [-0.25, -0.2) is 0 Å². The number of ether oxygens (including phenoxy) is 1. The number of allylic oxidation sites excluding steroid dienone is 2. The summed E-state index contributed by atoms with van der Waals surface area (Å²) in [5.41, 5.74) is 0.816. The molecule has 1 atom stereocenters. The minimum atomic E-state index is -0.784. The molecule has 110 valence electrons. The number of hydrogen-bond acceptors (Lipinski definition) is 2. The van der Waals surface area contributed by atoms with Gasteiger partial charge in [0.2, 0.25) is 0 Å². The van der Waals surface area contributed by atoms with E-state index in [1.165, 1.54) is 19.3 Å². The van der Waals surface area contributed by atoms with E-state index in [0.29, 0.717) is 6.42 Å². The van der Waals surface area contributed by atoms with Gasteiger partial charge in [0.15, 0.2) is 0 Å². The summed E-state index contributed by atoms with van der Waals surface area (Å²) < 4.78 is 5.08. The van der Waals surface area contributed by atoms with Crippen LogP contribution in [0.3, 0.4) is 0 Å². The van der Waals surface area contributed by atoms with Crippen LogP contribution in [0.1, 0.15) is 50.5 Å². The first-order valence-corrected chi connectivity index (χ1v) is 7.20. The van der Waals surface area contributed by atoms with Gasteiger partial charge in [0.05, 0.1) is 13.0 Å². The Labute approximate surface area is 121 Å². The van der Waals surface area contributed by atoms with E-state index in [4.69, 9.17) is 4.74 Å². The van der Waals surface area contributed by atoms with Crippen LogP contribution in [0.4, 0.5) is 0 Å². The lowest BCUT2D eigenvalue weighted by atomic mass is 9.95. The number of benzene rings is 1. The zero-order valence-corrected chi connectivity index (χ0v) is 12.3. The lowest BCUT2D eigenvalue weighted by molar-refractivity contribution is -0.138. The van der Waals surface area contributed by atoms with Gasteiger partial charge in [-0.1, -0.05) is 44.1 Å². The first-order chi connectivity index (χ1) is 9.69. The standard InChI is InChI=1S/C17H24O3/c1-3-4-5-6-7-8-9-16(17(18)19)14-10-12-15(20-2)13-11-14/h7-8,10-13,16H,3-6,9H2,1-2H3,(H,18,19)/b8-7+. The van der Waals surface area contributed by atoms with Crippen molar-refractivity contribution < 1.29 is 14.6 Å². The van der Waals surface area contributed by atoms with Crippen molar-refractivity contribution in [2.75, 3.05) is 7.11 Å². The fraction of sp³-hybridized carbons (Fsp3) is 0.471. The molecule has 0 aliphatic heterocycles. The van der Waals surface area contributed by atoms with Crippen molar-refractivity contribution >= 4 is 5.97 Å². The van der Waals surface area contributed by atoms with E-state index in [0.717, 1.165) is 17.7 Å². The third-order valence-electron chi connectivity index (χ3n) is 3.33. The molecule has 0 bridgehead atoms. The predicted molar refractivity (Wildman–Crippen MR) is 81.3 cm³/mol.